The Hall–Kier alpha value is -1.36. The second-order valence-electron chi connectivity index (χ2n) is 7.12. The number of hydrogen-bond donors (Lipinski definition) is 2. The number of hydrogen-bond acceptors (Lipinski definition) is 3. The summed E-state index contributed by atoms with van der Waals surface area (Å²) in [6.45, 7) is 3.67. The van der Waals surface area contributed by atoms with E-state index in [-0.39, 0.29) is 12.5 Å². The van der Waals surface area contributed by atoms with Crippen LogP contribution in [-0.4, -0.2) is 36.7 Å². The molecule has 0 saturated carbocycles. The molecule has 27 heavy (non-hydrogen) atoms. The van der Waals surface area contributed by atoms with Crippen molar-refractivity contribution >= 4 is 11.9 Å². The lowest BCUT2D eigenvalue weighted by Crippen LogP contribution is -2.28. The van der Waals surface area contributed by atoms with Gasteiger partial charge < -0.3 is 15.2 Å². The molecule has 0 atom stereocenters. The highest BCUT2D eigenvalue weighted by atomic mass is 16.5. The van der Waals surface area contributed by atoms with Crippen molar-refractivity contribution in [2.45, 2.75) is 96.8 Å². The molecule has 2 N–H and O–H groups in total. The molecule has 5 nitrogen and oxygen atoms in total. The van der Waals surface area contributed by atoms with Gasteiger partial charge in [-0.25, -0.2) is 0 Å². The van der Waals surface area contributed by atoms with E-state index in [1.807, 2.05) is 0 Å². The van der Waals surface area contributed by atoms with Crippen molar-refractivity contribution in [1.29, 1.82) is 0 Å². The molecule has 0 bridgehead atoms. The molecular weight excluding hydrogens is 342 g/mol. The van der Waals surface area contributed by atoms with Crippen LogP contribution >= 0.6 is 0 Å². The van der Waals surface area contributed by atoms with Crippen molar-refractivity contribution in [3.8, 4) is 0 Å². The van der Waals surface area contributed by atoms with Gasteiger partial charge in [-0.15, -0.1) is 0 Å². The maximum Gasteiger partial charge on any atom is 0.322 e. The van der Waals surface area contributed by atoms with Crippen LogP contribution in [0.5, 0.6) is 0 Å². The van der Waals surface area contributed by atoms with Crippen molar-refractivity contribution in [2.75, 3.05) is 19.8 Å². The standard InChI is InChI=1S/C22H41NO4/c1-2-3-4-5-9-12-15-18-27-19-16-13-10-7-6-8-11-14-17-21(24)23-20-22(25)26/h10,13H,2-9,11-12,14-20H2,1H3,(H,23,24)(H,25,26). The van der Waals surface area contributed by atoms with Crippen molar-refractivity contribution in [2.24, 2.45) is 0 Å². The second-order valence-corrected chi connectivity index (χ2v) is 7.12. The van der Waals surface area contributed by atoms with E-state index in [1.165, 1.54) is 44.9 Å². The molecule has 158 valence electrons. The van der Waals surface area contributed by atoms with Gasteiger partial charge in [0.05, 0.1) is 6.61 Å². The summed E-state index contributed by atoms with van der Waals surface area (Å²) >= 11 is 0. The van der Waals surface area contributed by atoms with Gasteiger partial charge >= 0.3 is 5.97 Å². The zero-order chi connectivity index (χ0) is 20.0. The third-order valence-electron chi connectivity index (χ3n) is 4.45. The van der Waals surface area contributed by atoms with Crippen LogP contribution in [0.25, 0.3) is 0 Å². The highest BCUT2D eigenvalue weighted by Crippen LogP contribution is 2.07. The monoisotopic (exact) mass is 383 g/mol. The van der Waals surface area contributed by atoms with Crippen LogP contribution in [0.2, 0.25) is 0 Å². The van der Waals surface area contributed by atoms with E-state index in [9.17, 15) is 9.59 Å². The van der Waals surface area contributed by atoms with Crippen LogP contribution in [0.4, 0.5) is 0 Å². The first-order valence-corrected chi connectivity index (χ1v) is 10.9. The predicted molar refractivity (Wildman–Crippen MR) is 111 cm³/mol. The summed E-state index contributed by atoms with van der Waals surface area (Å²) in [6.07, 6.45) is 20.2. The molecule has 0 aromatic carbocycles. The van der Waals surface area contributed by atoms with Crippen LogP contribution in [0.1, 0.15) is 96.8 Å². The number of ether oxygens (including phenoxy) is 1. The van der Waals surface area contributed by atoms with Crippen molar-refractivity contribution in [1.82, 2.24) is 5.32 Å². The summed E-state index contributed by atoms with van der Waals surface area (Å²) < 4.78 is 5.65. The molecule has 0 aliphatic rings. The number of unbranched alkanes of at least 4 members (excludes halogenated alkanes) is 10. The molecule has 1 amide bonds. The number of rotatable bonds is 20. The maximum absolute atomic E-state index is 11.3. The largest absolute Gasteiger partial charge is 0.480 e. The number of aliphatic carboxylic acids is 1. The minimum absolute atomic E-state index is 0.172. The Labute approximate surface area is 165 Å². The van der Waals surface area contributed by atoms with Crippen LogP contribution in [0, 0.1) is 0 Å². The van der Waals surface area contributed by atoms with Gasteiger partial charge in [-0.2, -0.15) is 0 Å². The molecule has 0 fully saturated rings. The van der Waals surface area contributed by atoms with Crippen LogP contribution in [0.15, 0.2) is 12.2 Å². The SMILES string of the molecule is CCCCCCCCCOCCC=CCCCCCCC(=O)NCC(=O)O. The van der Waals surface area contributed by atoms with Crippen LogP contribution < -0.4 is 5.32 Å². The molecule has 0 heterocycles. The molecule has 0 aliphatic carbocycles. The predicted octanol–water partition coefficient (Wildman–Crippen LogP) is 5.24. The van der Waals surface area contributed by atoms with Crippen LogP contribution in [-0.2, 0) is 14.3 Å². The lowest BCUT2D eigenvalue weighted by atomic mass is 10.1. The number of carboxylic acid groups (broad SMARTS) is 1. The summed E-state index contributed by atoms with van der Waals surface area (Å²) in [5, 5.41) is 10.8. The summed E-state index contributed by atoms with van der Waals surface area (Å²) in [7, 11) is 0. The molecule has 0 aromatic rings. The Bertz CT molecular complexity index is 383. The number of carbonyl (C=O) groups is 2. The van der Waals surface area contributed by atoms with Gasteiger partial charge in [-0.05, 0) is 32.1 Å². The lowest BCUT2D eigenvalue weighted by Gasteiger charge is -2.03. The Balaban J connectivity index is 3.19. The molecule has 0 spiro atoms. The quantitative estimate of drug-likeness (QED) is 0.223. The summed E-state index contributed by atoms with van der Waals surface area (Å²) in [6, 6.07) is 0. The Kier molecular flexibility index (Phi) is 19.9. The highest BCUT2D eigenvalue weighted by Gasteiger charge is 2.02. The maximum atomic E-state index is 11.3. The first-order chi connectivity index (χ1) is 13.2. The first kappa shape index (κ1) is 25.6. The number of carboxylic acids is 1. The number of nitrogens with one attached hydrogen (secondary N) is 1. The average Bonchev–Trinajstić information content (AvgIpc) is 2.65. The topological polar surface area (TPSA) is 75.6 Å². The van der Waals surface area contributed by atoms with Gasteiger partial charge in [0.2, 0.25) is 5.91 Å². The van der Waals surface area contributed by atoms with Gasteiger partial charge in [0.25, 0.3) is 0 Å². The fraction of sp³-hybridized carbons (Fsp3) is 0.818. The van der Waals surface area contributed by atoms with Gasteiger partial charge in [-0.3, -0.25) is 9.59 Å². The molecular formula is C22H41NO4. The average molecular weight is 384 g/mol. The van der Waals surface area contributed by atoms with Gasteiger partial charge in [-0.1, -0.05) is 70.4 Å². The molecule has 0 aliphatic heterocycles. The molecule has 0 rings (SSSR count). The van der Waals surface area contributed by atoms with Gasteiger partial charge in [0.15, 0.2) is 0 Å². The molecule has 5 heteroatoms. The molecule has 0 unspecified atom stereocenters. The first-order valence-electron chi connectivity index (χ1n) is 10.9. The van der Waals surface area contributed by atoms with E-state index < -0.39 is 5.97 Å². The lowest BCUT2D eigenvalue weighted by molar-refractivity contribution is -0.137. The Morgan fingerprint density at radius 2 is 1.44 bits per heavy atom. The van der Waals surface area contributed by atoms with E-state index in [0.29, 0.717) is 6.42 Å². The molecule has 0 saturated heterocycles. The summed E-state index contributed by atoms with van der Waals surface area (Å²) in [5.41, 5.74) is 0. The smallest absolute Gasteiger partial charge is 0.322 e. The van der Waals surface area contributed by atoms with E-state index in [4.69, 9.17) is 9.84 Å². The van der Waals surface area contributed by atoms with Gasteiger partial charge in [0, 0.05) is 13.0 Å². The van der Waals surface area contributed by atoms with Crippen molar-refractivity contribution in [3.63, 3.8) is 0 Å². The summed E-state index contributed by atoms with van der Waals surface area (Å²) in [5.74, 6) is -1.17. The number of amides is 1. The zero-order valence-electron chi connectivity index (χ0n) is 17.3. The van der Waals surface area contributed by atoms with E-state index >= 15 is 0 Å². The summed E-state index contributed by atoms with van der Waals surface area (Å²) in [4.78, 5) is 21.6. The van der Waals surface area contributed by atoms with Gasteiger partial charge in [0.1, 0.15) is 6.54 Å². The highest BCUT2D eigenvalue weighted by molar-refractivity contribution is 5.80. The van der Waals surface area contributed by atoms with E-state index in [1.54, 1.807) is 0 Å². The number of allylic oxidation sites excluding steroid dienone is 1. The zero-order valence-corrected chi connectivity index (χ0v) is 17.3. The van der Waals surface area contributed by atoms with Crippen molar-refractivity contribution in [3.05, 3.63) is 12.2 Å². The van der Waals surface area contributed by atoms with Crippen molar-refractivity contribution < 1.29 is 19.4 Å². The fourth-order valence-electron chi connectivity index (χ4n) is 2.81. The van der Waals surface area contributed by atoms with E-state index in [2.05, 4.69) is 24.4 Å². The minimum atomic E-state index is -1.00. The molecule has 0 radical (unpaired) electrons. The fourth-order valence-corrected chi connectivity index (χ4v) is 2.81. The normalized spacial score (nSPS) is 11.1. The third kappa shape index (κ3) is 22.6. The Morgan fingerprint density at radius 3 is 2.19 bits per heavy atom. The second kappa shape index (κ2) is 20.9. The Morgan fingerprint density at radius 1 is 0.815 bits per heavy atom. The molecule has 0 aromatic heterocycles. The van der Waals surface area contributed by atoms with E-state index in [0.717, 1.165) is 51.7 Å². The minimum Gasteiger partial charge on any atom is -0.480 e. The number of carbonyl (C=O) groups excluding carboxylic acids is 1. The third-order valence-corrected chi connectivity index (χ3v) is 4.45. The van der Waals surface area contributed by atoms with Crippen LogP contribution in [0.3, 0.4) is 0 Å².